The van der Waals surface area contributed by atoms with E-state index in [2.05, 4.69) is 44.3 Å². The lowest BCUT2D eigenvalue weighted by Gasteiger charge is -2.18. The van der Waals surface area contributed by atoms with E-state index in [0.717, 1.165) is 44.5 Å². The van der Waals surface area contributed by atoms with Crippen molar-refractivity contribution in [3.8, 4) is 35.2 Å². The van der Waals surface area contributed by atoms with E-state index in [1.54, 1.807) is 39.0 Å². The smallest absolute Gasteiger partial charge is 0.408 e. The Morgan fingerprint density at radius 1 is 0.482 bits per heavy atom. The van der Waals surface area contributed by atoms with Crippen LogP contribution in [-0.4, -0.2) is 36.4 Å². The number of hydrogen-bond donors (Lipinski definition) is 2. The quantitative estimate of drug-likeness (QED) is 0.165. The zero-order chi connectivity index (χ0) is 38.7. The molecular formula is C46H36N4O6. The van der Waals surface area contributed by atoms with Crippen LogP contribution in [0.5, 0.6) is 11.5 Å². The summed E-state index contributed by atoms with van der Waals surface area (Å²) in [6, 6.07) is 37.6. The number of nitrogens with one attached hydrogen (secondary N) is 2. The highest BCUT2D eigenvalue weighted by Gasteiger charge is 2.38. The zero-order valence-corrected chi connectivity index (χ0v) is 30.5. The first-order chi connectivity index (χ1) is 27.4. The summed E-state index contributed by atoms with van der Waals surface area (Å²) in [4.78, 5) is 32.5. The second-order valence-corrected chi connectivity index (χ2v) is 12.7. The van der Waals surface area contributed by atoms with Crippen LogP contribution in [0.2, 0.25) is 0 Å². The lowest BCUT2D eigenvalue weighted by molar-refractivity contribution is 0.131. The van der Waals surface area contributed by atoms with Crippen molar-refractivity contribution in [2.45, 2.75) is 24.3 Å². The van der Waals surface area contributed by atoms with Crippen LogP contribution in [0.25, 0.3) is 0 Å². The van der Waals surface area contributed by atoms with E-state index in [1.807, 2.05) is 121 Å². The molecule has 2 aromatic heterocycles. The molecule has 2 fully saturated rings. The van der Waals surface area contributed by atoms with Crippen molar-refractivity contribution in [2.24, 2.45) is 0 Å². The highest BCUT2D eigenvalue weighted by atomic mass is 16.6. The van der Waals surface area contributed by atoms with Gasteiger partial charge in [-0.3, -0.25) is 9.97 Å². The van der Waals surface area contributed by atoms with E-state index < -0.39 is 24.4 Å². The van der Waals surface area contributed by atoms with Crippen LogP contribution in [0.1, 0.15) is 68.8 Å². The third kappa shape index (κ3) is 9.14. The Hall–Kier alpha value is -7.56. The number of cyclic esters (lactones) is 2. The molecule has 4 heterocycles. The van der Waals surface area contributed by atoms with E-state index in [9.17, 15) is 9.59 Å². The fourth-order valence-electron chi connectivity index (χ4n) is 6.24. The maximum Gasteiger partial charge on any atom is 0.408 e. The van der Waals surface area contributed by atoms with E-state index in [-0.39, 0.29) is 12.1 Å². The minimum atomic E-state index is -0.471. The summed E-state index contributed by atoms with van der Waals surface area (Å²) in [5, 5.41) is 5.73. The maximum absolute atomic E-state index is 11.9. The molecule has 10 nitrogen and oxygen atoms in total. The van der Waals surface area contributed by atoms with Crippen molar-refractivity contribution in [3.05, 3.63) is 191 Å². The van der Waals surface area contributed by atoms with Gasteiger partial charge in [0, 0.05) is 47.0 Å². The molecule has 10 heteroatoms. The van der Waals surface area contributed by atoms with Crippen molar-refractivity contribution in [1.82, 2.24) is 20.6 Å². The van der Waals surface area contributed by atoms with Gasteiger partial charge in [-0.15, -0.1) is 0 Å². The third-order valence-electron chi connectivity index (χ3n) is 8.95. The van der Waals surface area contributed by atoms with Gasteiger partial charge >= 0.3 is 12.2 Å². The monoisotopic (exact) mass is 740 g/mol. The van der Waals surface area contributed by atoms with Crippen molar-refractivity contribution in [2.75, 3.05) is 14.2 Å². The Labute approximate surface area is 324 Å². The molecule has 2 saturated heterocycles. The molecule has 8 rings (SSSR count). The molecule has 2 amide bonds. The molecule has 56 heavy (non-hydrogen) atoms. The lowest BCUT2D eigenvalue weighted by Crippen LogP contribution is -2.19. The summed E-state index contributed by atoms with van der Waals surface area (Å²) in [5.41, 5.74) is 6.77. The number of carbonyl (C=O) groups is 2. The molecule has 276 valence electrons. The van der Waals surface area contributed by atoms with Crippen molar-refractivity contribution >= 4 is 12.2 Å². The summed E-state index contributed by atoms with van der Waals surface area (Å²) in [6.07, 6.45) is 5.00. The number of nitrogens with zero attached hydrogens (tertiary/aromatic N) is 2. The number of pyridine rings is 2. The maximum atomic E-state index is 11.9. The van der Waals surface area contributed by atoms with Gasteiger partial charge in [0.1, 0.15) is 23.6 Å². The number of ether oxygens (including phenoxy) is 4. The summed E-state index contributed by atoms with van der Waals surface area (Å²) in [7, 11) is 3.21. The van der Waals surface area contributed by atoms with Crippen LogP contribution in [0, 0.1) is 23.7 Å². The van der Waals surface area contributed by atoms with Gasteiger partial charge in [0.25, 0.3) is 0 Å². The highest BCUT2D eigenvalue weighted by molar-refractivity contribution is 5.72. The van der Waals surface area contributed by atoms with E-state index in [4.69, 9.17) is 18.9 Å². The van der Waals surface area contributed by atoms with Crippen molar-refractivity contribution in [3.63, 3.8) is 0 Å². The number of benzene rings is 4. The predicted octanol–water partition coefficient (Wildman–Crippen LogP) is 8.02. The normalized spacial score (nSPS) is 17.8. The average molecular weight is 741 g/mol. The van der Waals surface area contributed by atoms with Gasteiger partial charge < -0.3 is 29.6 Å². The van der Waals surface area contributed by atoms with Crippen LogP contribution in [0.3, 0.4) is 0 Å². The average Bonchev–Trinajstić information content (AvgIpc) is 3.86. The molecule has 2 N–H and O–H groups in total. The second kappa shape index (κ2) is 17.5. The first-order valence-corrected chi connectivity index (χ1v) is 17.7. The molecule has 0 radical (unpaired) electrons. The molecule has 6 aromatic rings. The molecule has 0 aliphatic carbocycles. The number of aromatic nitrogens is 2. The van der Waals surface area contributed by atoms with E-state index in [0.29, 0.717) is 11.5 Å². The van der Waals surface area contributed by atoms with Gasteiger partial charge in [-0.05, 0) is 82.9 Å². The predicted molar refractivity (Wildman–Crippen MR) is 210 cm³/mol. The zero-order valence-electron chi connectivity index (χ0n) is 30.5. The molecule has 4 atom stereocenters. The summed E-state index contributed by atoms with van der Waals surface area (Å²) >= 11 is 0. The Kier molecular flexibility index (Phi) is 11.5. The first-order valence-electron chi connectivity index (χ1n) is 17.7. The van der Waals surface area contributed by atoms with Crippen LogP contribution in [0.4, 0.5) is 9.59 Å². The number of carbonyl (C=O) groups excluding carboxylic acids is 2. The number of hydrogen-bond acceptors (Lipinski definition) is 8. The number of amides is 2. The van der Waals surface area contributed by atoms with Crippen LogP contribution < -0.4 is 20.1 Å². The molecule has 0 unspecified atom stereocenters. The summed E-state index contributed by atoms with van der Waals surface area (Å²) in [6.45, 7) is 0. The molecule has 0 spiro atoms. The number of alkyl carbamates (subject to hydrolysis) is 2. The van der Waals surface area contributed by atoms with E-state index >= 15 is 0 Å². The molecule has 2 aliphatic heterocycles. The van der Waals surface area contributed by atoms with Crippen molar-refractivity contribution < 1.29 is 28.5 Å². The molecule has 0 saturated carbocycles. The second-order valence-electron chi connectivity index (χ2n) is 12.7. The Bertz CT molecular complexity index is 2280. The van der Waals surface area contributed by atoms with E-state index in [1.165, 1.54) is 0 Å². The molecular weight excluding hydrogens is 705 g/mol. The Morgan fingerprint density at radius 2 is 0.893 bits per heavy atom. The van der Waals surface area contributed by atoms with Gasteiger partial charge in [0.05, 0.1) is 14.2 Å². The highest BCUT2D eigenvalue weighted by Crippen LogP contribution is 2.39. The fourth-order valence-corrected chi connectivity index (χ4v) is 6.24. The van der Waals surface area contributed by atoms with Crippen molar-refractivity contribution in [1.29, 1.82) is 0 Å². The van der Waals surface area contributed by atoms with Gasteiger partial charge in [0.15, 0.2) is 12.2 Å². The largest absolute Gasteiger partial charge is 0.497 e. The molecule has 4 aromatic carbocycles. The minimum absolute atomic E-state index is 0.356. The lowest BCUT2D eigenvalue weighted by atomic mass is 9.96. The standard InChI is InChI=1S/2C23H18N2O3/c2*1-27-20-9-5-8-18(13-20)22-21(25-23(26)28-22)19-12-17(14-24-15-19)11-10-16-6-3-2-4-7-16/h2*2-9,12-15,21-22H,1H3,(H,25,26)/t2*21-,22-/m10/s1. The fraction of sp³-hybridized carbons (Fsp3) is 0.130. The third-order valence-corrected chi connectivity index (χ3v) is 8.95. The summed E-state index contributed by atoms with van der Waals surface area (Å²) < 4.78 is 21.6. The Balaban J connectivity index is 0.000000172. The molecule has 2 aliphatic rings. The van der Waals surface area contributed by atoms with Gasteiger partial charge in [-0.25, -0.2) is 9.59 Å². The summed E-state index contributed by atoms with van der Waals surface area (Å²) in [5.74, 6) is 13.9. The van der Waals surface area contributed by atoms with Crippen LogP contribution >= 0.6 is 0 Å². The van der Waals surface area contributed by atoms with Crippen LogP contribution in [-0.2, 0) is 9.47 Å². The topological polar surface area (TPSA) is 121 Å². The SMILES string of the molecule is COc1cccc([C@@H]2OC(=O)N[C@H]2c2cncc(C#Cc3ccccc3)c2)c1.COc1cccc([C@H]2OC(=O)N[C@@H]2c2cncc(C#Cc3ccccc3)c2)c1. The minimum Gasteiger partial charge on any atom is -0.497 e. The number of methoxy groups -OCH3 is 2. The van der Waals surface area contributed by atoms with Crippen LogP contribution in [0.15, 0.2) is 146 Å². The van der Waals surface area contributed by atoms with Gasteiger partial charge in [-0.1, -0.05) is 84.3 Å². The van der Waals surface area contributed by atoms with Gasteiger partial charge in [-0.2, -0.15) is 0 Å². The Morgan fingerprint density at radius 3 is 1.30 bits per heavy atom. The van der Waals surface area contributed by atoms with Gasteiger partial charge in [0.2, 0.25) is 0 Å². The molecule has 0 bridgehead atoms. The number of rotatable bonds is 6. The first kappa shape index (κ1) is 36.8.